The summed E-state index contributed by atoms with van der Waals surface area (Å²) < 4.78 is 13.0. The van der Waals surface area contributed by atoms with Gasteiger partial charge in [0.25, 0.3) is 0 Å². The molecule has 0 saturated heterocycles. The molecule has 0 unspecified atom stereocenters. The smallest absolute Gasteiger partial charge is 0.140 e. The molecule has 0 spiro atoms. The largest absolute Gasteiger partial charge is 0.370 e. The molecular formula is C16H20FN3. The zero-order valence-electron chi connectivity index (χ0n) is 12.2. The number of nitrogens with one attached hydrogen (secondary N) is 1. The average molecular weight is 273 g/mol. The topological polar surface area (TPSA) is 37.8 Å². The van der Waals surface area contributed by atoms with Crippen molar-refractivity contribution in [3.63, 3.8) is 0 Å². The predicted molar refractivity (Wildman–Crippen MR) is 79.3 cm³/mol. The van der Waals surface area contributed by atoms with E-state index in [-0.39, 0.29) is 11.2 Å². The molecular weight excluding hydrogens is 253 g/mol. The van der Waals surface area contributed by atoms with Crippen molar-refractivity contribution in [3.8, 4) is 0 Å². The minimum absolute atomic E-state index is 0.233. The number of nitrogens with zero attached hydrogens (tertiary/aromatic N) is 2. The Morgan fingerprint density at radius 2 is 1.85 bits per heavy atom. The average Bonchev–Trinajstić information content (AvgIpc) is 2.46. The van der Waals surface area contributed by atoms with E-state index >= 15 is 0 Å². The Bertz CT molecular complexity index is 564. The molecule has 0 radical (unpaired) electrons. The van der Waals surface area contributed by atoms with E-state index in [4.69, 9.17) is 0 Å². The van der Waals surface area contributed by atoms with E-state index in [0.717, 1.165) is 30.2 Å². The Labute approximate surface area is 119 Å². The summed E-state index contributed by atoms with van der Waals surface area (Å²) in [4.78, 5) is 8.94. The number of rotatable bonds is 5. The van der Waals surface area contributed by atoms with Crippen LogP contribution >= 0.6 is 0 Å². The molecule has 0 aliphatic heterocycles. The predicted octanol–water partition coefficient (Wildman–Crippen LogP) is 3.76. The van der Waals surface area contributed by atoms with Crippen molar-refractivity contribution in [1.29, 1.82) is 0 Å². The van der Waals surface area contributed by atoms with Crippen LogP contribution in [0.5, 0.6) is 0 Å². The minimum atomic E-state index is -0.363. The molecule has 0 saturated carbocycles. The second-order valence-corrected chi connectivity index (χ2v) is 5.32. The van der Waals surface area contributed by atoms with E-state index in [1.54, 1.807) is 18.3 Å². The van der Waals surface area contributed by atoms with E-state index in [2.05, 4.69) is 22.2 Å². The molecule has 0 fully saturated rings. The fourth-order valence-corrected chi connectivity index (χ4v) is 2.01. The molecule has 4 heteroatoms. The van der Waals surface area contributed by atoms with Crippen molar-refractivity contribution in [1.82, 2.24) is 9.97 Å². The molecule has 1 heterocycles. The summed E-state index contributed by atoms with van der Waals surface area (Å²) in [5.74, 6) is 1.32. The number of benzene rings is 1. The number of halogens is 1. The van der Waals surface area contributed by atoms with Gasteiger partial charge in [-0.3, -0.25) is 0 Å². The van der Waals surface area contributed by atoms with Crippen LogP contribution in [-0.2, 0) is 5.41 Å². The van der Waals surface area contributed by atoms with E-state index in [1.165, 1.54) is 12.1 Å². The van der Waals surface area contributed by atoms with Crippen molar-refractivity contribution in [2.45, 2.75) is 32.6 Å². The quantitative estimate of drug-likeness (QED) is 0.901. The highest BCUT2D eigenvalue weighted by Crippen LogP contribution is 2.29. The summed E-state index contributed by atoms with van der Waals surface area (Å²) in [5, 5.41) is 3.26. The second-order valence-electron chi connectivity index (χ2n) is 5.32. The van der Waals surface area contributed by atoms with Crippen LogP contribution in [0.15, 0.2) is 36.5 Å². The van der Waals surface area contributed by atoms with E-state index in [9.17, 15) is 4.39 Å². The van der Waals surface area contributed by atoms with Crippen LogP contribution in [0.3, 0.4) is 0 Å². The normalized spacial score (nSPS) is 11.4. The van der Waals surface area contributed by atoms with Gasteiger partial charge in [-0.25, -0.2) is 14.4 Å². The molecule has 3 nitrogen and oxygen atoms in total. The fourth-order valence-electron chi connectivity index (χ4n) is 2.01. The number of hydrogen-bond donors (Lipinski definition) is 1. The zero-order chi connectivity index (χ0) is 14.6. The van der Waals surface area contributed by atoms with Crippen molar-refractivity contribution in [2.24, 2.45) is 0 Å². The lowest BCUT2D eigenvalue weighted by atomic mass is 9.84. The third kappa shape index (κ3) is 3.13. The van der Waals surface area contributed by atoms with E-state index in [1.807, 2.05) is 19.9 Å². The van der Waals surface area contributed by atoms with Crippen LogP contribution in [0.25, 0.3) is 0 Å². The first-order chi connectivity index (χ1) is 9.54. The molecule has 1 aromatic carbocycles. The number of anilines is 1. The first-order valence-corrected chi connectivity index (χ1v) is 6.87. The molecule has 20 heavy (non-hydrogen) atoms. The maximum absolute atomic E-state index is 13.0. The summed E-state index contributed by atoms with van der Waals surface area (Å²) in [6.07, 6.45) is 2.80. The van der Waals surface area contributed by atoms with E-state index < -0.39 is 0 Å². The zero-order valence-corrected chi connectivity index (χ0v) is 12.2. The highest BCUT2D eigenvalue weighted by Gasteiger charge is 2.26. The van der Waals surface area contributed by atoms with Crippen LogP contribution in [-0.4, -0.2) is 16.5 Å². The van der Waals surface area contributed by atoms with Crippen LogP contribution < -0.4 is 5.32 Å². The lowest BCUT2D eigenvalue weighted by Gasteiger charge is -2.24. The molecule has 0 aliphatic rings. The van der Waals surface area contributed by atoms with Gasteiger partial charge in [0.2, 0.25) is 0 Å². The summed E-state index contributed by atoms with van der Waals surface area (Å²) >= 11 is 0. The Kier molecular flexibility index (Phi) is 4.32. The maximum atomic E-state index is 13.0. The Morgan fingerprint density at radius 3 is 2.50 bits per heavy atom. The van der Waals surface area contributed by atoms with Gasteiger partial charge in [-0.1, -0.05) is 19.1 Å². The summed E-state index contributed by atoms with van der Waals surface area (Å²) in [6, 6.07) is 8.36. The van der Waals surface area contributed by atoms with Crippen LogP contribution in [0.1, 0.15) is 38.6 Å². The molecule has 0 amide bonds. The molecule has 1 N–H and O–H groups in total. The monoisotopic (exact) mass is 273 g/mol. The highest BCUT2D eigenvalue weighted by atomic mass is 19.1. The van der Waals surface area contributed by atoms with Crippen LogP contribution in [0, 0.1) is 5.82 Å². The Hall–Kier alpha value is -1.97. The molecule has 2 aromatic rings. The molecule has 106 valence electrons. The standard InChI is InChI=1S/C16H20FN3/c1-4-10-18-14-9-11-19-15(20-14)16(2,3)12-5-7-13(17)8-6-12/h5-9,11H,4,10H2,1-3H3,(H,18,19,20). The lowest BCUT2D eigenvalue weighted by Crippen LogP contribution is -2.23. The van der Waals surface area contributed by atoms with Gasteiger partial charge in [0.1, 0.15) is 17.5 Å². The van der Waals surface area contributed by atoms with Crippen LogP contribution in [0.2, 0.25) is 0 Å². The SMILES string of the molecule is CCCNc1ccnc(C(C)(C)c2ccc(F)cc2)n1. The fraction of sp³-hybridized carbons (Fsp3) is 0.375. The summed E-state index contributed by atoms with van der Waals surface area (Å²) in [7, 11) is 0. The lowest BCUT2D eigenvalue weighted by molar-refractivity contribution is 0.583. The third-order valence-electron chi connectivity index (χ3n) is 3.34. The highest BCUT2D eigenvalue weighted by molar-refractivity contribution is 5.37. The van der Waals surface area contributed by atoms with Gasteiger partial charge in [0.15, 0.2) is 0 Å². The first-order valence-electron chi connectivity index (χ1n) is 6.87. The molecule has 1 aromatic heterocycles. The molecule has 2 rings (SSSR count). The van der Waals surface area contributed by atoms with Crippen molar-refractivity contribution < 1.29 is 4.39 Å². The third-order valence-corrected chi connectivity index (χ3v) is 3.34. The van der Waals surface area contributed by atoms with Gasteiger partial charge < -0.3 is 5.32 Å². The van der Waals surface area contributed by atoms with Crippen molar-refractivity contribution in [2.75, 3.05) is 11.9 Å². The van der Waals surface area contributed by atoms with Gasteiger partial charge in [-0.15, -0.1) is 0 Å². The molecule has 0 atom stereocenters. The van der Waals surface area contributed by atoms with Crippen LogP contribution in [0.4, 0.5) is 10.2 Å². The van der Waals surface area contributed by atoms with E-state index in [0.29, 0.717) is 0 Å². The minimum Gasteiger partial charge on any atom is -0.370 e. The summed E-state index contributed by atoms with van der Waals surface area (Å²) in [6.45, 7) is 7.07. The van der Waals surface area contributed by atoms with Gasteiger partial charge in [0, 0.05) is 18.2 Å². The first kappa shape index (κ1) is 14.4. The van der Waals surface area contributed by atoms with Crippen molar-refractivity contribution >= 4 is 5.82 Å². The molecule has 0 aliphatic carbocycles. The number of hydrogen-bond acceptors (Lipinski definition) is 3. The van der Waals surface area contributed by atoms with Gasteiger partial charge in [-0.05, 0) is 44.0 Å². The molecule has 0 bridgehead atoms. The summed E-state index contributed by atoms with van der Waals surface area (Å²) in [5.41, 5.74) is 0.629. The van der Waals surface area contributed by atoms with Gasteiger partial charge in [0.05, 0.1) is 0 Å². The maximum Gasteiger partial charge on any atom is 0.140 e. The van der Waals surface area contributed by atoms with Gasteiger partial charge >= 0.3 is 0 Å². The van der Waals surface area contributed by atoms with Crippen molar-refractivity contribution in [3.05, 3.63) is 53.7 Å². The number of aromatic nitrogens is 2. The Morgan fingerprint density at radius 1 is 1.15 bits per heavy atom. The van der Waals surface area contributed by atoms with Gasteiger partial charge in [-0.2, -0.15) is 0 Å². The second kappa shape index (κ2) is 5.99. The Balaban J connectivity index is 2.30.